The van der Waals surface area contributed by atoms with Gasteiger partial charge in [-0.15, -0.1) is 0 Å². The first-order valence-electron chi connectivity index (χ1n) is 10.1. The van der Waals surface area contributed by atoms with Crippen LogP contribution >= 0.6 is 0 Å². The molecule has 0 amide bonds. The highest BCUT2D eigenvalue weighted by molar-refractivity contribution is 5.69. The molecule has 1 heterocycles. The second-order valence-corrected chi connectivity index (χ2v) is 9.23. The maximum absolute atomic E-state index is 12.1. The maximum atomic E-state index is 12.1. The molecule has 0 spiro atoms. The number of hydrogen-bond acceptors (Lipinski definition) is 3. The molecule has 3 heteroatoms. The van der Waals surface area contributed by atoms with Crippen LogP contribution in [0.2, 0.25) is 0 Å². The molecule has 142 valence electrons. The van der Waals surface area contributed by atoms with Gasteiger partial charge < -0.3 is 10.1 Å². The van der Waals surface area contributed by atoms with E-state index in [-0.39, 0.29) is 23.2 Å². The van der Waals surface area contributed by atoms with Gasteiger partial charge in [0.2, 0.25) is 0 Å². The van der Waals surface area contributed by atoms with Crippen LogP contribution in [0.5, 0.6) is 0 Å². The van der Waals surface area contributed by atoms with E-state index in [2.05, 4.69) is 46.9 Å². The number of nitrogens with one attached hydrogen (secondary N) is 1. The molecule has 1 fully saturated rings. The van der Waals surface area contributed by atoms with E-state index in [0.29, 0.717) is 6.42 Å². The predicted molar refractivity (Wildman–Crippen MR) is 102 cm³/mol. The van der Waals surface area contributed by atoms with E-state index < -0.39 is 0 Å². The van der Waals surface area contributed by atoms with E-state index in [4.69, 9.17) is 4.74 Å². The fourth-order valence-electron chi connectivity index (χ4n) is 4.05. The minimum atomic E-state index is -0.00638. The Morgan fingerprint density at radius 2 is 1.58 bits per heavy atom. The largest absolute Gasteiger partial charge is 0.462 e. The Balaban J connectivity index is 2.14. The van der Waals surface area contributed by atoms with Gasteiger partial charge in [0.25, 0.3) is 0 Å². The van der Waals surface area contributed by atoms with Gasteiger partial charge in [-0.25, -0.2) is 0 Å². The molecule has 0 bridgehead atoms. The lowest BCUT2D eigenvalue weighted by molar-refractivity contribution is -0.153. The zero-order valence-corrected chi connectivity index (χ0v) is 17.0. The van der Waals surface area contributed by atoms with Crippen LogP contribution in [-0.2, 0) is 9.53 Å². The summed E-state index contributed by atoms with van der Waals surface area (Å²) < 4.78 is 5.76. The number of esters is 1. The Kier molecular flexibility index (Phi) is 8.76. The molecule has 0 aromatic rings. The van der Waals surface area contributed by atoms with E-state index in [0.717, 1.165) is 31.6 Å². The Labute approximate surface area is 150 Å². The average molecular weight is 340 g/mol. The lowest BCUT2D eigenvalue weighted by atomic mass is 9.81. The number of unbranched alkanes of at least 4 members (excludes halogenated alkanes) is 4. The number of carbonyl (C=O) groups is 1. The highest BCUT2D eigenvalue weighted by Gasteiger charge is 2.39. The summed E-state index contributed by atoms with van der Waals surface area (Å²) in [7, 11) is 0. The number of hydrogen-bond donors (Lipinski definition) is 1. The Morgan fingerprint density at radius 1 is 1.04 bits per heavy atom. The molecule has 1 atom stereocenters. The summed E-state index contributed by atoms with van der Waals surface area (Å²) in [5.41, 5.74) is 0.0602. The van der Waals surface area contributed by atoms with Crippen molar-refractivity contribution in [3.8, 4) is 0 Å². The first kappa shape index (κ1) is 21.5. The summed E-state index contributed by atoms with van der Waals surface area (Å²) in [5, 5.41) is 3.63. The lowest BCUT2D eigenvalue weighted by Gasteiger charge is -2.45. The van der Waals surface area contributed by atoms with Crippen molar-refractivity contribution >= 4 is 5.97 Å². The van der Waals surface area contributed by atoms with E-state index in [9.17, 15) is 4.79 Å². The highest BCUT2D eigenvalue weighted by Crippen LogP contribution is 2.30. The SMILES string of the molecule is CCC(C)CCCCCCCC(=O)OC1CC(C)(C)NC(C)(C)C1. The third-order valence-corrected chi connectivity index (χ3v) is 5.23. The van der Waals surface area contributed by atoms with Gasteiger partial charge in [0.05, 0.1) is 0 Å². The smallest absolute Gasteiger partial charge is 0.306 e. The van der Waals surface area contributed by atoms with Gasteiger partial charge >= 0.3 is 5.97 Å². The second kappa shape index (κ2) is 9.79. The van der Waals surface area contributed by atoms with Crippen molar-refractivity contribution in [1.29, 1.82) is 0 Å². The van der Waals surface area contributed by atoms with Crippen LogP contribution in [0.25, 0.3) is 0 Å². The van der Waals surface area contributed by atoms with Crippen LogP contribution in [0.15, 0.2) is 0 Å². The number of ether oxygens (including phenoxy) is 1. The van der Waals surface area contributed by atoms with Gasteiger partial charge in [0.1, 0.15) is 6.10 Å². The quantitative estimate of drug-likeness (QED) is 0.415. The summed E-state index contributed by atoms with van der Waals surface area (Å²) in [5.74, 6) is 0.853. The molecule has 1 N–H and O–H groups in total. The zero-order valence-electron chi connectivity index (χ0n) is 17.0. The van der Waals surface area contributed by atoms with Crippen LogP contribution in [0.3, 0.4) is 0 Å². The van der Waals surface area contributed by atoms with Crippen molar-refractivity contribution in [2.75, 3.05) is 0 Å². The van der Waals surface area contributed by atoms with Crippen molar-refractivity contribution in [2.45, 2.75) is 123 Å². The van der Waals surface area contributed by atoms with Crippen LogP contribution in [0.4, 0.5) is 0 Å². The van der Waals surface area contributed by atoms with Gasteiger partial charge in [0, 0.05) is 30.3 Å². The molecule has 0 aromatic heterocycles. The van der Waals surface area contributed by atoms with Gasteiger partial charge in [0.15, 0.2) is 0 Å². The summed E-state index contributed by atoms with van der Waals surface area (Å²) in [6.07, 6.45) is 11.1. The molecule has 0 aliphatic carbocycles. The van der Waals surface area contributed by atoms with Crippen molar-refractivity contribution in [2.24, 2.45) is 5.92 Å². The number of rotatable bonds is 10. The molecule has 1 unspecified atom stereocenters. The fraction of sp³-hybridized carbons (Fsp3) is 0.952. The van der Waals surface area contributed by atoms with E-state index in [1.165, 1.54) is 32.1 Å². The van der Waals surface area contributed by atoms with Crippen molar-refractivity contribution < 1.29 is 9.53 Å². The summed E-state index contributed by atoms with van der Waals surface area (Å²) >= 11 is 0. The Morgan fingerprint density at radius 3 is 2.17 bits per heavy atom. The minimum absolute atomic E-state index is 0.00638. The van der Waals surface area contributed by atoms with Gasteiger partial charge in [-0.05, 0) is 40.0 Å². The van der Waals surface area contributed by atoms with Gasteiger partial charge in [-0.2, -0.15) is 0 Å². The maximum Gasteiger partial charge on any atom is 0.306 e. The lowest BCUT2D eigenvalue weighted by Crippen LogP contribution is -2.59. The molecule has 1 aliphatic rings. The zero-order chi connectivity index (χ0) is 18.2. The molecule has 1 saturated heterocycles. The molecule has 0 aromatic carbocycles. The molecule has 24 heavy (non-hydrogen) atoms. The summed E-state index contributed by atoms with van der Waals surface area (Å²) in [4.78, 5) is 12.1. The van der Waals surface area contributed by atoms with Crippen molar-refractivity contribution in [3.63, 3.8) is 0 Å². The van der Waals surface area contributed by atoms with Gasteiger partial charge in [-0.3, -0.25) is 4.79 Å². The highest BCUT2D eigenvalue weighted by atomic mass is 16.5. The third-order valence-electron chi connectivity index (χ3n) is 5.23. The van der Waals surface area contributed by atoms with Crippen molar-refractivity contribution in [1.82, 2.24) is 5.32 Å². The standard InChI is InChI=1S/C21H41NO2/c1-7-17(2)13-11-9-8-10-12-14-19(23)24-18-15-20(3,4)22-21(5,6)16-18/h17-18,22H,7-16H2,1-6H3. The monoisotopic (exact) mass is 339 g/mol. The van der Waals surface area contributed by atoms with E-state index >= 15 is 0 Å². The molecule has 0 radical (unpaired) electrons. The number of carbonyl (C=O) groups excluding carboxylic acids is 1. The molecule has 3 nitrogen and oxygen atoms in total. The molecule has 0 saturated carbocycles. The van der Waals surface area contributed by atoms with E-state index in [1.807, 2.05) is 0 Å². The van der Waals surface area contributed by atoms with Crippen LogP contribution in [0, 0.1) is 5.92 Å². The van der Waals surface area contributed by atoms with Gasteiger partial charge in [-0.1, -0.05) is 52.4 Å². The first-order valence-corrected chi connectivity index (χ1v) is 10.1. The fourth-order valence-corrected chi connectivity index (χ4v) is 4.05. The molecule has 1 aliphatic heterocycles. The third kappa shape index (κ3) is 9.05. The number of piperidine rings is 1. The normalized spacial score (nSPS) is 21.4. The van der Waals surface area contributed by atoms with E-state index in [1.54, 1.807) is 0 Å². The summed E-state index contributed by atoms with van der Waals surface area (Å²) in [6, 6.07) is 0. The molecular weight excluding hydrogens is 298 g/mol. The minimum Gasteiger partial charge on any atom is -0.462 e. The first-order chi connectivity index (χ1) is 11.1. The van der Waals surface area contributed by atoms with Crippen molar-refractivity contribution in [3.05, 3.63) is 0 Å². The molecular formula is C21H41NO2. The van der Waals surface area contributed by atoms with Crippen LogP contribution in [0.1, 0.15) is 106 Å². The summed E-state index contributed by atoms with van der Waals surface area (Å²) in [6.45, 7) is 13.4. The van der Waals surface area contributed by atoms with Crippen LogP contribution < -0.4 is 5.32 Å². The Bertz CT molecular complexity index is 360. The predicted octanol–water partition coefficient (Wildman–Crippen LogP) is 5.62. The average Bonchev–Trinajstić information content (AvgIpc) is 2.42. The van der Waals surface area contributed by atoms with Crippen LogP contribution in [-0.4, -0.2) is 23.2 Å². The second-order valence-electron chi connectivity index (χ2n) is 9.23. The molecule has 1 rings (SSSR count). The topological polar surface area (TPSA) is 38.3 Å². The Hall–Kier alpha value is -0.570.